The van der Waals surface area contributed by atoms with Gasteiger partial charge >= 0.3 is 0 Å². The van der Waals surface area contributed by atoms with Gasteiger partial charge in [-0.2, -0.15) is 5.10 Å². The van der Waals surface area contributed by atoms with Crippen molar-refractivity contribution in [3.8, 4) is 5.69 Å². The molecule has 190 valence electrons. The molecule has 1 N–H and O–H groups in total. The largest absolute Gasteiger partial charge is 0.286 e. The van der Waals surface area contributed by atoms with Crippen LogP contribution in [0.3, 0.4) is 0 Å². The Morgan fingerprint density at radius 3 is 2.50 bits per heavy atom. The Balaban J connectivity index is 2.00. The van der Waals surface area contributed by atoms with Gasteiger partial charge < -0.3 is 0 Å². The minimum atomic E-state index is -0.562. The van der Waals surface area contributed by atoms with Gasteiger partial charge in [0.1, 0.15) is 24.0 Å². The van der Waals surface area contributed by atoms with E-state index in [0.717, 1.165) is 0 Å². The summed E-state index contributed by atoms with van der Waals surface area (Å²) < 4.78 is 30.4. The third-order valence-corrected chi connectivity index (χ3v) is 6.93. The van der Waals surface area contributed by atoms with Crippen molar-refractivity contribution in [3.63, 3.8) is 0 Å². The molecule has 0 spiro atoms. The number of nitrogens with zero attached hydrogens (tertiary/aromatic N) is 3. The van der Waals surface area contributed by atoms with Crippen molar-refractivity contribution in [2.24, 2.45) is 0 Å². The molecule has 1 unspecified atom stereocenters. The lowest BCUT2D eigenvalue weighted by Crippen LogP contribution is -2.42. The smallest absolute Gasteiger partial charge is 0.263 e. The Kier molecular flexibility index (Phi) is 7.46. The maximum atomic E-state index is 15.1. The third kappa shape index (κ3) is 5.15. The van der Waals surface area contributed by atoms with Crippen LogP contribution in [-0.4, -0.2) is 40.5 Å². The summed E-state index contributed by atoms with van der Waals surface area (Å²) in [7, 11) is 0. The monoisotopic (exact) mass is 514 g/mol. The minimum Gasteiger partial charge on any atom is -0.286 e. The second-order valence-electron chi connectivity index (χ2n) is 9.37. The zero-order chi connectivity index (χ0) is 26.0. The van der Waals surface area contributed by atoms with Crippen LogP contribution in [0.1, 0.15) is 49.8 Å². The molecule has 0 bridgehead atoms. The van der Waals surface area contributed by atoms with Crippen LogP contribution in [0.15, 0.2) is 48.5 Å². The number of amides is 2. The number of thioether (sulfide) groups is 1. The Hall–Kier alpha value is -3.24. The number of aromatic nitrogens is 2. The fourth-order valence-corrected chi connectivity index (χ4v) is 5.32. The lowest BCUT2D eigenvalue weighted by molar-refractivity contribution is -0.132. The van der Waals surface area contributed by atoms with Crippen molar-refractivity contribution in [2.45, 2.75) is 38.4 Å². The first-order chi connectivity index (χ1) is 17.1. The molecule has 1 aliphatic rings. The normalized spacial score (nSPS) is 16.0. The first-order valence-electron chi connectivity index (χ1n) is 11.6. The summed E-state index contributed by atoms with van der Waals surface area (Å²) in [4.78, 5) is 32.5. The maximum Gasteiger partial charge on any atom is 0.263 e. The number of benzene rings is 2. The van der Waals surface area contributed by atoms with E-state index in [2.05, 4.69) is 5.48 Å². The average molecular weight is 515 g/mol. The molecule has 1 aliphatic heterocycles. The van der Waals surface area contributed by atoms with Gasteiger partial charge in [-0.15, -0.1) is 11.8 Å². The number of halogens is 2. The number of carbonyl (C=O) groups excluding carboxylic acids is 2. The van der Waals surface area contributed by atoms with Crippen LogP contribution in [0.25, 0.3) is 5.69 Å². The lowest BCUT2D eigenvalue weighted by atomic mass is 9.87. The molecule has 0 saturated heterocycles. The van der Waals surface area contributed by atoms with Crippen molar-refractivity contribution < 1.29 is 23.2 Å². The Bertz CT molecular complexity index is 1270. The summed E-state index contributed by atoms with van der Waals surface area (Å²) in [6.45, 7) is 7.60. The van der Waals surface area contributed by atoms with E-state index in [1.807, 2.05) is 20.8 Å². The predicted octanol–water partition coefficient (Wildman–Crippen LogP) is 4.68. The number of hydroxylamine groups is 1. The molecule has 7 nitrogen and oxygen atoms in total. The van der Waals surface area contributed by atoms with E-state index >= 15 is 4.39 Å². The zero-order valence-electron chi connectivity index (χ0n) is 20.5. The highest BCUT2D eigenvalue weighted by atomic mass is 32.2. The molecule has 0 saturated carbocycles. The lowest BCUT2D eigenvalue weighted by Gasteiger charge is -2.24. The maximum absolute atomic E-state index is 15.1. The molecule has 3 aromatic rings. The number of carbonyl (C=O) groups is 2. The van der Waals surface area contributed by atoms with E-state index in [-0.39, 0.29) is 24.8 Å². The van der Waals surface area contributed by atoms with Crippen molar-refractivity contribution in [2.75, 3.05) is 23.8 Å². The predicted molar refractivity (Wildman–Crippen MR) is 135 cm³/mol. The molecular formula is C26H28F2N4O3S. The Morgan fingerprint density at radius 1 is 1.17 bits per heavy atom. The summed E-state index contributed by atoms with van der Waals surface area (Å²) in [6, 6.07) is 12.1. The number of hydrogen-bond acceptors (Lipinski definition) is 5. The molecule has 0 radical (unpaired) electrons. The highest BCUT2D eigenvalue weighted by molar-refractivity contribution is 8.00. The summed E-state index contributed by atoms with van der Waals surface area (Å²) in [5.41, 5.74) is 4.04. The van der Waals surface area contributed by atoms with Gasteiger partial charge in [-0.25, -0.2) is 18.9 Å². The molecule has 2 aromatic carbocycles. The first kappa shape index (κ1) is 25.8. The molecule has 36 heavy (non-hydrogen) atoms. The molecule has 10 heteroatoms. The number of fused-ring (bicyclic) bond motifs is 1. The SMILES string of the molecule is CCONC(=O)CN1C(=O)CSC(c2ccccc2F)c2c(C(C)(C)C)nn(-c3ccc(F)cc3)c21. The Morgan fingerprint density at radius 2 is 1.86 bits per heavy atom. The van der Waals surface area contributed by atoms with Crippen LogP contribution >= 0.6 is 11.8 Å². The summed E-state index contributed by atoms with van der Waals surface area (Å²) >= 11 is 1.28. The van der Waals surface area contributed by atoms with Gasteiger partial charge in [-0.3, -0.25) is 19.3 Å². The molecule has 2 heterocycles. The zero-order valence-corrected chi connectivity index (χ0v) is 21.4. The van der Waals surface area contributed by atoms with E-state index in [1.54, 1.807) is 41.9 Å². The summed E-state index contributed by atoms with van der Waals surface area (Å²) in [6.07, 6.45) is 0. The van der Waals surface area contributed by atoms with E-state index in [9.17, 15) is 14.0 Å². The summed E-state index contributed by atoms with van der Waals surface area (Å²) in [5, 5.41) is 4.30. The van der Waals surface area contributed by atoms with E-state index < -0.39 is 28.2 Å². The molecule has 4 rings (SSSR count). The van der Waals surface area contributed by atoms with E-state index in [4.69, 9.17) is 9.94 Å². The quantitative estimate of drug-likeness (QED) is 0.484. The van der Waals surface area contributed by atoms with Gasteiger partial charge in [0, 0.05) is 16.5 Å². The molecule has 0 aliphatic carbocycles. The van der Waals surface area contributed by atoms with Crippen molar-refractivity contribution in [1.82, 2.24) is 15.3 Å². The highest BCUT2D eigenvalue weighted by Crippen LogP contribution is 2.48. The second-order valence-corrected chi connectivity index (χ2v) is 10.5. The average Bonchev–Trinajstić information content (AvgIpc) is 3.17. The van der Waals surface area contributed by atoms with E-state index in [0.29, 0.717) is 28.3 Å². The van der Waals surface area contributed by atoms with Crippen molar-refractivity contribution >= 4 is 29.4 Å². The molecule has 1 aromatic heterocycles. The molecular weight excluding hydrogens is 486 g/mol. The van der Waals surface area contributed by atoms with Gasteiger partial charge in [0.2, 0.25) is 5.91 Å². The van der Waals surface area contributed by atoms with Crippen LogP contribution in [-0.2, 0) is 19.8 Å². The van der Waals surface area contributed by atoms with Crippen molar-refractivity contribution in [3.05, 3.63) is 77.0 Å². The fraction of sp³-hybridized carbons (Fsp3) is 0.346. The van der Waals surface area contributed by atoms with Gasteiger partial charge in [0.25, 0.3) is 5.91 Å². The Labute approximate surface area is 212 Å². The van der Waals surface area contributed by atoms with Crippen molar-refractivity contribution in [1.29, 1.82) is 0 Å². The van der Waals surface area contributed by atoms with Crippen LogP contribution in [0.5, 0.6) is 0 Å². The third-order valence-electron chi connectivity index (χ3n) is 5.69. The van der Waals surface area contributed by atoms with Gasteiger partial charge in [-0.05, 0) is 37.3 Å². The number of anilines is 1. The number of rotatable bonds is 6. The molecule has 0 fully saturated rings. The van der Waals surface area contributed by atoms with Gasteiger partial charge in [0.05, 0.1) is 29.0 Å². The van der Waals surface area contributed by atoms with Crippen LogP contribution in [0.4, 0.5) is 14.6 Å². The van der Waals surface area contributed by atoms with E-state index in [1.165, 1.54) is 34.9 Å². The topological polar surface area (TPSA) is 76.5 Å². The second kappa shape index (κ2) is 10.4. The van der Waals surface area contributed by atoms with Crippen LogP contribution in [0, 0.1) is 11.6 Å². The van der Waals surface area contributed by atoms with Crippen LogP contribution in [0.2, 0.25) is 0 Å². The summed E-state index contributed by atoms with van der Waals surface area (Å²) in [5.74, 6) is -1.31. The fourth-order valence-electron chi connectivity index (χ4n) is 4.10. The number of hydrogen-bond donors (Lipinski definition) is 1. The molecule has 2 amide bonds. The first-order valence-corrected chi connectivity index (χ1v) is 12.6. The van der Waals surface area contributed by atoms with Gasteiger partial charge in [0.15, 0.2) is 0 Å². The minimum absolute atomic E-state index is 0.0165. The number of nitrogens with one attached hydrogen (secondary N) is 1. The standard InChI is InChI=1S/C26H28F2N4O3S/c1-5-35-30-20(33)14-31-21(34)15-36-23(18-8-6-7-9-19(18)28)22-24(26(2,3)4)29-32(25(22)31)17-12-10-16(27)11-13-17/h6-13,23H,5,14-15H2,1-4H3,(H,30,33). The molecule has 1 atom stereocenters. The van der Waals surface area contributed by atoms with Crippen LogP contribution < -0.4 is 10.4 Å². The van der Waals surface area contributed by atoms with Gasteiger partial charge in [-0.1, -0.05) is 39.0 Å². The highest BCUT2D eigenvalue weighted by Gasteiger charge is 2.40.